The molecule has 1 amide bonds. The normalized spacial score (nSPS) is 15.3. The molecule has 0 unspecified atom stereocenters. The first-order valence-corrected chi connectivity index (χ1v) is 12.4. The first-order valence-electron chi connectivity index (χ1n) is 11.6. The first-order chi connectivity index (χ1) is 16.5. The molecule has 178 valence electrons. The second-order valence-corrected chi connectivity index (χ2v) is 9.72. The predicted molar refractivity (Wildman–Crippen MR) is 133 cm³/mol. The topological polar surface area (TPSA) is 71.8 Å². The lowest BCUT2D eigenvalue weighted by Gasteiger charge is -2.28. The van der Waals surface area contributed by atoms with Crippen LogP contribution in [0.1, 0.15) is 35.3 Å². The van der Waals surface area contributed by atoms with Crippen molar-refractivity contribution in [3.63, 3.8) is 0 Å². The minimum Gasteiger partial charge on any atom is -0.496 e. The van der Waals surface area contributed by atoms with E-state index >= 15 is 0 Å². The molecule has 9 heteroatoms. The Kier molecular flexibility index (Phi) is 6.47. The van der Waals surface area contributed by atoms with Gasteiger partial charge in [0.05, 0.1) is 28.6 Å². The Morgan fingerprint density at radius 2 is 2.12 bits per heavy atom. The monoisotopic (exact) mass is 481 g/mol. The van der Waals surface area contributed by atoms with Gasteiger partial charge < -0.3 is 15.0 Å². The quantitative estimate of drug-likeness (QED) is 0.394. The van der Waals surface area contributed by atoms with E-state index in [2.05, 4.69) is 15.2 Å². The Morgan fingerprint density at radius 3 is 2.88 bits per heavy atom. The number of amides is 1. The summed E-state index contributed by atoms with van der Waals surface area (Å²) in [6.07, 6.45) is 5.18. The molecule has 3 aromatic heterocycles. The molecule has 5 rings (SSSR count). The molecule has 34 heavy (non-hydrogen) atoms. The van der Waals surface area contributed by atoms with Crippen LogP contribution in [0.4, 0.5) is 4.39 Å². The van der Waals surface area contributed by atoms with Crippen LogP contribution in [0.15, 0.2) is 36.7 Å². The number of likely N-dealkylation sites (tertiary alicyclic amines) is 1. The number of hydrogen-bond donors (Lipinski definition) is 1. The maximum atomic E-state index is 13.3. The van der Waals surface area contributed by atoms with Crippen molar-refractivity contribution in [2.75, 3.05) is 33.3 Å². The lowest BCUT2D eigenvalue weighted by molar-refractivity contribution is 0.0947. The molecule has 0 atom stereocenters. The molecule has 1 N–H and O–H groups in total. The Labute approximate surface area is 201 Å². The van der Waals surface area contributed by atoms with Gasteiger partial charge in [-0.2, -0.15) is 0 Å². The number of imidazole rings is 1. The highest BCUT2D eigenvalue weighted by molar-refractivity contribution is 7.23. The van der Waals surface area contributed by atoms with Crippen LogP contribution < -0.4 is 10.1 Å². The van der Waals surface area contributed by atoms with Gasteiger partial charge >= 0.3 is 0 Å². The van der Waals surface area contributed by atoms with E-state index in [0.717, 1.165) is 58.2 Å². The first kappa shape index (κ1) is 22.7. The van der Waals surface area contributed by atoms with E-state index in [0.29, 0.717) is 30.7 Å². The highest BCUT2D eigenvalue weighted by Crippen LogP contribution is 2.34. The molecular weight excluding hydrogens is 453 g/mol. The van der Waals surface area contributed by atoms with Gasteiger partial charge in [0.15, 0.2) is 4.96 Å². The lowest BCUT2D eigenvalue weighted by atomic mass is 10.1. The fourth-order valence-corrected chi connectivity index (χ4v) is 5.47. The molecule has 0 saturated carbocycles. The molecule has 1 aliphatic heterocycles. The van der Waals surface area contributed by atoms with E-state index in [1.807, 2.05) is 41.8 Å². The van der Waals surface area contributed by atoms with Crippen molar-refractivity contribution in [2.45, 2.75) is 32.4 Å². The number of pyridine rings is 1. The molecule has 0 aliphatic carbocycles. The molecule has 4 aromatic rings. The SMILES string of the molecule is COc1cc2c(cc1C(=O)NCCCN1CCC(F)CC1)sc1nc(-c3ccnc(C)c3)cn12. The zero-order valence-electron chi connectivity index (χ0n) is 19.4. The number of hydrogen-bond acceptors (Lipinski definition) is 6. The number of rotatable bonds is 7. The summed E-state index contributed by atoms with van der Waals surface area (Å²) >= 11 is 1.54. The molecule has 0 radical (unpaired) electrons. The summed E-state index contributed by atoms with van der Waals surface area (Å²) in [7, 11) is 1.58. The van der Waals surface area contributed by atoms with Crippen molar-refractivity contribution in [2.24, 2.45) is 0 Å². The van der Waals surface area contributed by atoms with Crippen LogP contribution in [-0.4, -0.2) is 64.6 Å². The highest BCUT2D eigenvalue weighted by atomic mass is 32.1. The van der Waals surface area contributed by atoms with Crippen LogP contribution in [0.3, 0.4) is 0 Å². The fourth-order valence-electron chi connectivity index (χ4n) is 4.44. The predicted octanol–water partition coefficient (Wildman–Crippen LogP) is 4.48. The summed E-state index contributed by atoms with van der Waals surface area (Å²) in [6, 6.07) is 7.75. The second kappa shape index (κ2) is 9.68. The smallest absolute Gasteiger partial charge is 0.255 e. The number of methoxy groups -OCH3 is 1. The number of benzene rings is 1. The van der Waals surface area contributed by atoms with Crippen molar-refractivity contribution in [3.8, 4) is 17.0 Å². The summed E-state index contributed by atoms with van der Waals surface area (Å²) in [5, 5.41) is 3.01. The van der Waals surface area contributed by atoms with Gasteiger partial charge in [-0.25, -0.2) is 9.37 Å². The zero-order chi connectivity index (χ0) is 23.7. The van der Waals surface area contributed by atoms with Crippen molar-refractivity contribution in [3.05, 3.63) is 47.9 Å². The van der Waals surface area contributed by atoms with Gasteiger partial charge in [-0.1, -0.05) is 11.3 Å². The molecule has 0 bridgehead atoms. The van der Waals surface area contributed by atoms with E-state index in [1.54, 1.807) is 24.6 Å². The largest absolute Gasteiger partial charge is 0.496 e. The molecule has 1 saturated heterocycles. The molecule has 0 spiro atoms. The minimum atomic E-state index is -0.662. The summed E-state index contributed by atoms with van der Waals surface area (Å²) in [4.78, 5) is 25.1. The van der Waals surface area contributed by atoms with Gasteiger partial charge in [-0.3, -0.25) is 14.2 Å². The molecule has 1 aromatic carbocycles. The van der Waals surface area contributed by atoms with E-state index in [-0.39, 0.29) is 5.91 Å². The number of aromatic nitrogens is 3. The van der Waals surface area contributed by atoms with Crippen LogP contribution in [0, 0.1) is 6.92 Å². The molecule has 4 heterocycles. The average molecular weight is 482 g/mol. The van der Waals surface area contributed by atoms with E-state index < -0.39 is 6.17 Å². The maximum absolute atomic E-state index is 13.3. The highest BCUT2D eigenvalue weighted by Gasteiger charge is 2.19. The third-order valence-corrected chi connectivity index (χ3v) is 7.32. The number of piperidine rings is 1. The Balaban J connectivity index is 1.31. The zero-order valence-corrected chi connectivity index (χ0v) is 20.2. The number of thiazole rings is 1. The number of aryl methyl sites for hydroxylation is 1. The van der Waals surface area contributed by atoms with Crippen LogP contribution in [0.5, 0.6) is 5.75 Å². The van der Waals surface area contributed by atoms with Gasteiger partial charge in [0.2, 0.25) is 0 Å². The third-order valence-electron chi connectivity index (χ3n) is 6.31. The summed E-state index contributed by atoms with van der Waals surface area (Å²) < 4.78 is 21.9. The van der Waals surface area contributed by atoms with Gasteiger partial charge in [-0.15, -0.1) is 0 Å². The number of alkyl halides is 1. The Morgan fingerprint density at radius 1 is 1.29 bits per heavy atom. The van der Waals surface area contributed by atoms with Crippen molar-refractivity contribution < 1.29 is 13.9 Å². The van der Waals surface area contributed by atoms with Gasteiger partial charge in [0.25, 0.3) is 5.91 Å². The second-order valence-electron chi connectivity index (χ2n) is 8.71. The van der Waals surface area contributed by atoms with Gasteiger partial charge in [0, 0.05) is 49.4 Å². The van der Waals surface area contributed by atoms with E-state index in [9.17, 15) is 9.18 Å². The van der Waals surface area contributed by atoms with E-state index in [1.165, 1.54) is 0 Å². The van der Waals surface area contributed by atoms with Crippen molar-refractivity contribution in [1.82, 2.24) is 24.6 Å². The lowest BCUT2D eigenvalue weighted by Crippen LogP contribution is -2.36. The van der Waals surface area contributed by atoms with Crippen molar-refractivity contribution >= 4 is 32.4 Å². The summed E-state index contributed by atoms with van der Waals surface area (Å²) in [5.41, 5.74) is 4.32. The number of ether oxygens (including phenoxy) is 1. The summed E-state index contributed by atoms with van der Waals surface area (Å²) in [5.74, 6) is 0.380. The number of carbonyl (C=O) groups excluding carboxylic acids is 1. The maximum Gasteiger partial charge on any atom is 0.255 e. The molecule has 7 nitrogen and oxygen atoms in total. The number of fused-ring (bicyclic) bond motifs is 3. The molecular formula is C25H28FN5O2S. The molecule has 1 fully saturated rings. The van der Waals surface area contributed by atoms with Crippen LogP contribution in [0.2, 0.25) is 0 Å². The standard InChI is InChI=1S/C25H28FN5O2S/c1-16-12-17(4-8-27-16)20-15-31-21-14-22(33-2)19(13-23(21)34-25(31)29-20)24(32)28-7-3-9-30-10-5-18(26)6-11-30/h4,8,12-15,18H,3,5-7,9-11H2,1-2H3,(H,28,32). The Bertz CT molecular complexity index is 1330. The fraction of sp³-hybridized carbons (Fsp3) is 0.400. The third kappa shape index (κ3) is 4.63. The van der Waals surface area contributed by atoms with Crippen LogP contribution in [-0.2, 0) is 0 Å². The average Bonchev–Trinajstić information content (AvgIpc) is 3.40. The summed E-state index contributed by atoms with van der Waals surface area (Å²) in [6.45, 7) is 4.98. The van der Waals surface area contributed by atoms with Gasteiger partial charge in [0.1, 0.15) is 11.9 Å². The van der Waals surface area contributed by atoms with Gasteiger partial charge in [-0.05, 0) is 50.9 Å². The van der Waals surface area contributed by atoms with Crippen LogP contribution >= 0.6 is 11.3 Å². The van der Waals surface area contributed by atoms with E-state index in [4.69, 9.17) is 9.72 Å². The van der Waals surface area contributed by atoms with Crippen molar-refractivity contribution in [1.29, 1.82) is 0 Å². The number of nitrogens with zero attached hydrogens (tertiary/aromatic N) is 4. The number of carbonyl (C=O) groups is 1. The number of halogens is 1. The Hall–Kier alpha value is -3.04. The number of nitrogens with one attached hydrogen (secondary N) is 1. The minimum absolute atomic E-state index is 0.153. The van der Waals surface area contributed by atoms with Crippen LogP contribution in [0.25, 0.3) is 26.4 Å². The molecule has 1 aliphatic rings.